The number of benzene rings is 3. The van der Waals surface area contributed by atoms with Crippen molar-refractivity contribution in [2.24, 2.45) is 0 Å². The Balaban J connectivity index is 1.60. The highest BCUT2D eigenvalue weighted by molar-refractivity contribution is 9.10. The Hall–Kier alpha value is -3.95. The van der Waals surface area contributed by atoms with Crippen molar-refractivity contribution in [3.05, 3.63) is 92.4 Å². The van der Waals surface area contributed by atoms with Gasteiger partial charge in [0.15, 0.2) is 6.61 Å². The van der Waals surface area contributed by atoms with Crippen molar-refractivity contribution in [3.8, 4) is 5.75 Å². The van der Waals surface area contributed by atoms with Crippen LogP contribution in [0.5, 0.6) is 5.75 Å². The Labute approximate surface area is 226 Å². The number of halogens is 2. The molecule has 1 heterocycles. The van der Waals surface area contributed by atoms with Gasteiger partial charge in [-0.3, -0.25) is 19.7 Å². The van der Waals surface area contributed by atoms with E-state index in [1.54, 1.807) is 49.4 Å². The molecule has 0 aliphatic carbocycles. The molecule has 0 atom stereocenters. The van der Waals surface area contributed by atoms with Gasteiger partial charge in [0, 0.05) is 20.7 Å². The molecule has 4 rings (SSSR count). The summed E-state index contributed by atoms with van der Waals surface area (Å²) in [6, 6.07) is 16.1. The maximum atomic E-state index is 13.3. The van der Waals surface area contributed by atoms with E-state index < -0.39 is 17.8 Å². The fourth-order valence-electron chi connectivity index (χ4n) is 3.60. The van der Waals surface area contributed by atoms with Gasteiger partial charge in [0.1, 0.15) is 11.3 Å². The number of rotatable bonds is 6. The molecule has 0 aromatic heterocycles. The largest absolute Gasteiger partial charge is 0.483 e. The van der Waals surface area contributed by atoms with Crippen LogP contribution in [0.3, 0.4) is 0 Å². The van der Waals surface area contributed by atoms with Gasteiger partial charge in [0.2, 0.25) is 0 Å². The Kier molecular flexibility index (Phi) is 7.75. The van der Waals surface area contributed by atoms with Crippen LogP contribution in [0, 0.1) is 13.8 Å². The van der Waals surface area contributed by atoms with Gasteiger partial charge in [-0.15, -0.1) is 0 Å². The molecule has 1 aliphatic rings. The maximum absolute atomic E-state index is 13.3. The first-order valence-corrected chi connectivity index (χ1v) is 12.3. The number of carbonyl (C=O) groups excluding carboxylic acids is 4. The number of ether oxygens (including phenoxy) is 1. The van der Waals surface area contributed by atoms with Gasteiger partial charge in [-0.2, -0.15) is 0 Å². The SMILES string of the molecule is Cc1ccc(NC(=O)COc2ccc(Br)cc2/C=C2\C(=O)NC(=O)N(c3cc(Cl)ccc3C)C2=O)cc1. The molecule has 5 amide bonds. The highest BCUT2D eigenvalue weighted by atomic mass is 79.9. The van der Waals surface area contributed by atoms with Crippen LogP contribution >= 0.6 is 27.5 Å². The zero-order valence-electron chi connectivity index (χ0n) is 19.8. The minimum Gasteiger partial charge on any atom is -0.483 e. The first-order valence-electron chi connectivity index (χ1n) is 11.1. The normalized spacial score (nSPS) is 14.5. The molecule has 1 fully saturated rings. The van der Waals surface area contributed by atoms with Crippen LogP contribution in [0.15, 0.2) is 70.7 Å². The summed E-state index contributed by atoms with van der Waals surface area (Å²) in [4.78, 5) is 51.8. The van der Waals surface area contributed by atoms with Gasteiger partial charge in [-0.1, -0.05) is 51.3 Å². The van der Waals surface area contributed by atoms with Crippen LogP contribution in [0.2, 0.25) is 5.02 Å². The second-order valence-corrected chi connectivity index (χ2v) is 9.63. The fraction of sp³-hybridized carbons (Fsp3) is 0.111. The molecular weight excluding hydrogens is 562 g/mol. The van der Waals surface area contributed by atoms with Crippen LogP contribution in [-0.2, 0) is 14.4 Å². The molecule has 188 valence electrons. The predicted molar refractivity (Wildman–Crippen MR) is 145 cm³/mol. The number of amides is 5. The predicted octanol–water partition coefficient (Wildman–Crippen LogP) is 5.40. The molecule has 0 radical (unpaired) electrons. The topological polar surface area (TPSA) is 105 Å². The van der Waals surface area contributed by atoms with E-state index >= 15 is 0 Å². The monoisotopic (exact) mass is 581 g/mol. The Bertz CT molecular complexity index is 1450. The number of nitrogens with zero attached hydrogens (tertiary/aromatic N) is 1. The lowest BCUT2D eigenvalue weighted by molar-refractivity contribution is -0.122. The number of nitrogens with one attached hydrogen (secondary N) is 2. The summed E-state index contributed by atoms with van der Waals surface area (Å²) in [7, 11) is 0. The molecule has 1 saturated heterocycles. The molecule has 3 aromatic carbocycles. The zero-order valence-corrected chi connectivity index (χ0v) is 22.1. The lowest BCUT2D eigenvalue weighted by atomic mass is 10.0. The lowest BCUT2D eigenvalue weighted by Gasteiger charge is -2.27. The van der Waals surface area contributed by atoms with Gasteiger partial charge in [-0.05, 0) is 68.0 Å². The van der Waals surface area contributed by atoms with Crippen LogP contribution in [0.1, 0.15) is 16.7 Å². The molecule has 0 unspecified atom stereocenters. The second-order valence-electron chi connectivity index (χ2n) is 8.27. The Morgan fingerprint density at radius 2 is 1.78 bits per heavy atom. The number of urea groups is 1. The average molecular weight is 583 g/mol. The number of aryl methyl sites for hydroxylation is 2. The standard InChI is InChI=1S/C27H21BrClN3O5/c1-15-3-8-20(9-4-15)30-24(33)14-37-23-10-6-18(28)11-17(23)12-21-25(34)31-27(36)32(26(21)35)22-13-19(29)7-5-16(22)2/h3-13H,14H2,1-2H3,(H,30,33)(H,31,34,36)/b21-12+. The second kappa shape index (κ2) is 11.0. The van der Waals surface area contributed by atoms with Gasteiger partial charge >= 0.3 is 6.03 Å². The number of anilines is 2. The number of hydrogen-bond donors (Lipinski definition) is 2. The molecule has 10 heteroatoms. The lowest BCUT2D eigenvalue weighted by Crippen LogP contribution is -2.54. The molecule has 0 spiro atoms. The first kappa shape index (κ1) is 26.1. The highest BCUT2D eigenvalue weighted by Gasteiger charge is 2.37. The molecular formula is C27H21BrClN3O5. The molecule has 1 aliphatic heterocycles. The number of hydrogen-bond acceptors (Lipinski definition) is 5. The summed E-state index contributed by atoms with van der Waals surface area (Å²) in [6.45, 7) is 3.35. The zero-order chi connectivity index (χ0) is 26.7. The Morgan fingerprint density at radius 1 is 1.05 bits per heavy atom. The van der Waals surface area contributed by atoms with Crippen molar-refractivity contribution in [1.29, 1.82) is 0 Å². The van der Waals surface area contributed by atoms with Crippen molar-refractivity contribution in [3.63, 3.8) is 0 Å². The van der Waals surface area contributed by atoms with Crippen molar-refractivity contribution < 1.29 is 23.9 Å². The minimum absolute atomic E-state index is 0.256. The van der Waals surface area contributed by atoms with Gasteiger partial charge in [0.05, 0.1) is 5.69 Å². The Morgan fingerprint density at radius 3 is 2.51 bits per heavy atom. The average Bonchev–Trinajstić information content (AvgIpc) is 2.84. The molecule has 37 heavy (non-hydrogen) atoms. The maximum Gasteiger partial charge on any atom is 0.335 e. The van der Waals surface area contributed by atoms with Gasteiger partial charge in [-0.25, -0.2) is 9.69 Å². The molecule has 0 saturated carbocycles. The summed E-state index contributed by atoms with van der Waals surface area (Å²) in [5.74, 6) is -1.79. The smallest absolute Gasteiger partial charge is 0.335 e. The highest BCUT2D eigenvalue weighted by Crippen LogP contribution is 2.30. The van der Waals surface area contributed by atoms with Crippen LogP contribution < -0.4 is 20.3 Å². The summed E-state index contributed by atoms with van der Waals surface area (Å²) in [5, 5.41) is 5.26. The molecule has 3 aromatic rings. The van der Waals surface area contributed by atoms with Gasteiger partial charge in [0.25, 0.3) is 17.7 Å². The van der Waals surface area contributed by atoms with E-state index in [4.69, 9.17) is 16.3 Å². The first-order chi connectivity index (χ1) is 17.6. The van der Waals surface area contributed by atoms with Crippen molar-refractivity contribution in [1.82, 2.24) is 5.32 Å². The fourth-order valence-corrected chi connectivity index (χ4v) is 4.14. The third-order valence-electron chi connectivity index (χ3n) is 5.48. The van der Waals surface area contributed by atoms with Crippen molar-refractivity contribution >= 4 is 68.7 Å². The van der Waals surface area contributed by atoms with E-state index in [1.807, 2.05) is 19.1 Å². The van der Waals surface area contributed by atoms with Crippen LogP contribution in [0.25, 0.3) is 6.08 Å². The summed E-state index contributed by atoms with van der Waals surface area (Å²) in [6.07, 6.45) is 1.31. The number of carbonyl (C=O) groups is 4. The van der Waals surface area contributed by atoms with Crippen LogP contribution in [-0.4, -0.2) is 30.4 Å². The number of barbiturate groups is 1. The summed E-state index contributed by atoms with van der Waals surface area (Å²) in [5.41, 5.74) is 2.63. The third kappa shape index (κ3) is 6.07. The minimum atomic E-state index is -0.879. The molecule has 2 N–H and O–H groups in total. The van der Waals surface area contributed by atoms with E-state index in [0.29, 0.717) is 26.3 Å². The third-order valence-corrected chi connectivity index (χ3v) is 6.21. The van der Waals surface area contributed by atoms with Crippen molar-refractivity contribution in [2.75, 3.05) is 16.8 Å². The summed E-state index contributed by atoms with van der Waals surface area (Å²) >= 11 is 9.45. The van der Waals surface area contributed by atoms with E-state index in [2.05, 4.69) is 26.6 Å². The molecule has 8 nitrogen and oxygen atoms in total. The summed E-state index contributed by atoms with van der Waals surface area (Å²) < 4.78 is 6.36. The van der Waals surface area contributed by atoms with E-state index in [-0.39, 0.29) is 29.5 Å². The number of imide groups is 2. The quantitative estimate of drug-likeness (QED) is 0.299. The van der Waals surface area contributed by atoms with E-state index in [0.717, 1.165) is 10.5 Å². The molecule has 0 bridgehead atoms. The van der Waals surface area contributed by atoms with E-state index in [9.17, 15) is 19.2 Å². The van der Waals surface area contributed by atoms with Crippen molar-refractivity contribution in [2.45, 2.75) is 13.8 Å². The van der Waals surface area contributed by atoms with E-state index in [1.165, 1.54) is 12.1 Å². The van der Waals surface area contributed by atoms with Crippen LogP contribution in [0.4, 0.5) is 16.2 Å². The van der Waals surface area contributed by atoms with Gasteiger partial charge < -0.3 is 10.1 Å².